The molecule has 0 aliphatic carbocycles. The van der Waals surface area contributed by atoms with Gasteiger partial charge in [0.05, 0.1) is 0 Å². The van der Waals surface area contributed by atoms with Gasteiger partial charge in [0.2, 0.25) is 5.91 Å². The lowest BCUT2D eigenvalue weighted by molar-refractivity contribution is -0.142. The van der Waals surface area contributed by atoms with Crippen molar-refractivity contribution in [3.63, 3.8) is 0 Å². The lowest BCUT2D eigenvalue weighted by Crippen LogP contribution is -2.49. The second-order valence-corrected chi connectivity index (χ2v) is 7.57. The van der Waals surface area contributed by atoms with Crippen molar-refractivity contribution in [3.8, 4) is 5.75 Å². The van der Waals surface area contributed by atoms with Crippen molar-refractivity contribution in [1.29, 1.82) is 0 Å². The number of ether oxygens (including phenoxy) is 1. The zero-order valence-electron chi connectivity index (χ0n) is 17.4. The molecule has 2 aromatic carbocycles. The van der Waals surface area contributed by atoms with E-state index in [1.807, 2.05) is 39.0 Å². The average molecular weight is 400 g/mol. The Morgan fingerprint density at radius 3 is 2.41 bits per heavy atom. The highest BCUT2D eigenvalue weighted by Gasteiger charge is 2.26. The van der Waals surface area contributed by atoms with Crippen LogP contribution in [0.3, 0.4) is 0 Å². The molecule has 0 bridgehead atoms. The van der Waals surface area contributed by atoms with E-state index < -0.39 is 6.04 Å². The van der Waals surface area contributed by atoms with Crippen molar-refractivity contribution < 1.29 is 18.7 Å². The Hall–Kier alpha value is -2.89. The molecule has 1 N–H and O–H groups in total. The number of benzene rings is 2. The molecule has 0 radical (unpaired) electrons. The monoisotopic (exact) mass is 400 g/mol. The predicted molar refractivity (Wildman–Crippen MR) is 111 cm³/mol. The number of nitrogens with zero attached hydrogens (tertiary/aromatic N) is 1. The van der Waals surface area contributed by atoms with Crippen molar-refractivity contribution in [2.75, 3.05) is 13.2 Å². The van der Waals surface area contributed by atoms with Gasteiger partial charge in [0.1, 0.15) is 17.6 Å². The van der Waals surface area contributed by atoms with Crippen molar-refractivity contribution in [3.05, 3.63) is 65.5 Å². The van der Waals surface area contributed by atoms with Gasteiger partial charge in [0.25, 0.3) is 5.91 Å². The molecule has 0 aliphatic rings. The zero-order valence-corrected chi connectivity index (χ0v) is 17.4. The number of hydrogen-bond donors (Lipinski definition) is 1. The van der Waals surface area contributed by atoms with E-state index >= 15 is 0 Å². The van der Waals surface area contributed by atoms with Crippen LogP contribution in [0, 0.1) is 18.7 Å². The van der Waals surface area contributed by atoms with Crippen LogP contribution in [0.2, 0.25) is 0 Å². The van der Waals surface area contributed by atoms with Gasteiger partial charge in [-0.1, -0.05) is 38.1 Å². The van der Waals surface area contributed by atoms with E-state index in [4.69, 9.17) is 4.74 Å². The minimum atomic E-state index is -0.688. The summed E-state index contributed by atoms with van der Waals surface area (Å²) in [7, 11) is 0. The fraction of sp³-hybridized carbons (Fsp3) is 0.391. The molecule has 2 amide bonds. The van der Waals surface area contributed by atoms with Crippen molar-refractivity contribution in [2.24, 2.45) is 5.92 Å². The second-order valence-electron chi connectivity index (χ2n) is 7.57. The van der Waals surface area contributed by atoms with E-state index in [0.29, 0.717) is 18.2 Å². The van der Waals surface area contributed by atoms with E-state index in [9.17, 15) is 14.0 Å². The van der Waals surface area contributed by atoms with Crippen LogP contribution < -0.4 is 10.1 Å². The number of aryl methyl sites for hydroxylation is 1. The fourth-order valence-electron chi connectivity index (χ4n) is 2.75. The summed E-state index contributed by atoms with van der Waals surface area (Å²) in [6.45, 7) is 8.16. The van der Waals surface area contributed by atoms with Crippen molar-refractivity contribution in [1.82, 2.24) is 10.2 Å². The fourth-order valence-corrected chi connectivity index (χ4v) is 2.75. The molecule has 1 atom stereocenters. The topological polar surface area (TPSA) is 58.6 Å². The van der Waals surface area contributed by atoms with E-state index in [1.54, 1.807) is 25.1 Å². The van der Waals surface area contributed by atoms with Gasteiger partial charge in [-0.05, 0) is 55.2 Å². The summed E-state index contributed by atoms with van der Waals surface area (Å²) in [5, 5.41) is 2.86. The Morgan fingerprint density at radius 1 is 1.10 bits per heavy atom. The maximum atomic E-state index is 13.2. The SMILES string of the molecule is Cc1cccc(OCC(=O)N(Cc2ccc(F)cc2)[C@H](C)C(=O)NCC(C)C)c1. The molecule has 0 aliphatic heterocycles. The summed E-state index contributed by atoms with van der Waals surface area (Å²) in [6, 6.07) is 12.6. The molecule has 156 valence electrons. The number of carbonyl (C=O) groups is 2. The molecule has 0 saturated carbocycles. The third kappa shape index (κ3) is 7.22. The Kier molecular flexibility index (Phi) is 8.19. The Morgan fingerprint density at radius 2 is 1.79 bits per heavy atom. The maximum Gasteiger partial charge on any atom is 0.261 e. The normalized spacial score (nSPS) is 11.8. The molecule has 0 aromatic heterocycles. The molecule has 0 fully saturated rings. The van der Waals surface area contributed by atoms with Gasteiger partial charge < -0.3 is 15.0 Å². The number of rotatable bonds is 9. The van der Waals surface area contributed by atoms with Crippen LogP contribution in [0.1, 0.15) is 31.9 Å². The van der Waals surface area contributed by atoms with Gasteiger partial charge in [0.15, 0.2) is 6.61 Å². The van der Waals surface area contributed by atoms with Crippen LogP contribution >= 0.6 is 0 Å². The summed E-state index contributed by atoms with van der Waals surface area (Å²) >= 11 is 0. The molecular weight excluding hydrogens is 371 g/mol. The molecule has 2 aromatic rings. The molecule has 6 heteroatoms. The Balaban J connectivity index is 2.12. The van der Waals surface area contributed by atoms with Crippen LogP contribution in [0.5, 0.6) is 5.75 Å². The largest absolute Gasteiger partial charge is 0.484 e. The summed E-state index contributed by atoms with van der Waals surface area (Å²) in [6.07, 6.45) is 0. The quantitative estimate of drug-likeness (QED) is 0.698. The number of hydrogen-bond acceptors (Lipinski definition) is 3. The molecule has 2 rings (SSSR count). The predicted octanol–water partition coefficient (Wildman–Crippen LogP) is 3.70. The highest BCUT2D eigenvalue weighted by Crippen LogP contribution is 2.14. The lowest BCUT2D eigenvalue weighted by Gasteiger charge is -2.29. The summed E-state index contributed by atoms with van der Waals surface area (Å²) in [5.74, 6) is -0.000995. The first-order valence-electron chi connectivity index (χ1n) is 9.77. The Bertz CT molecular complexity index is 821. The lowest BCUT2D eigenvalue weighted by atomic mass is 10.1. The molecular formula is C23H29FN2O3. The van der Waals surface area contributed by atoms with Gasteiger partial charge in [-0.3, -0.25) is 9.59 Å². The third-order valence-corrected chi connectivity index (χ3v) is 4.47. The van der Waals surface area contributed by atoms with Crippen molar-refractivity contribution >= 4 is 11.8 Å². The van der Waals surface area contributed by atoms with Crippen LogP contribution in [0.25, 0.3) is 0 Å². The number of carbonyl (C=O) groups excluding carboxylic acids is 2. The van der Waals surface area contributed by atoms with Gasteiger partial charge in [0, 0.05) is 13.1 Å². The highest BCUT2D eigenvalue weighted by atomic mass is 19.1. The van der Waals surface area contributed by atoms with E-state index in [2.05, 4.69) is 5.32 Å². The molecule has 0 spiro atoms. The summed E-state index contributed by atoms with van der Waals surface area (Å²) in [5.41, 5.74) is 1.76. The standard InChI is InChI=1S/C23H29FN2O3/c1-16(2)13-25-23(28)18(4)26(14-19-8-10-20(24)11-9-19)22(27)15-29-21-7-5-6-17(3)12-21/h5-12,16,18H,13-15H2,1-4H3,(H,25,28)/t18-/m1/s1. The Labute approximate surface area is 171 Å². The first-order chi connectivity index (χ1) is 13.8. The van der Waals surface area contributed by atoms with Gasteiger partial charge in [-0.15, -0.1) is 0 Å². The molecule has 5 nitrogen and oxygen atoms in total. The first kappa shape index (κ1) is 22.4. The zero-order chi connectivity index (χ0) is 21.4. The minimum absolute atomic E-state index is 0.187. The van der Waals surface area contributed by atoms with Crippen LogP contribution in [-0.2, 0) is 16.1 Å². The average Bonchev–Trinajstić information content (AvgIpc) is 2.69. The van der Waals surface area contributed by atoms with E-state index in [0.717, 1.165) is 11.1 Å². The second kappa shape index (κ2) is 10.6. The van der Waals surface area contributed by atoms with E-state index in [-0.39, 0.29) is 30.8 Å². The van der Waals surface area contributed by atoms with Gasteiger partial charge in [-0.2, -0.15) is 0 Å². The smallest absolute Gasteiger partial charge is 0.261 e. The number of nitrogens with one attached hydrogen (secondary N) is 1. The van der Waals surface area contributed by atoms with Crippen LogP contribution in [0.4, 0.5) is 4.39 Å². The molecule has 0 saturated heterocycles. The van der Waals surface area contributed by atoms with Crippen LogP contribution in [-0.4, -0.2) is 35.9 Å². The summed E-state index contributed by atoms with van der Waals surface area (Å²) in [4.78, 5) is 26.9. The van der Waals surface area contributed by atoms with E-state index in [1.165, 1.54) is 17.0 Å². The summed E-state index contributed by atoms with van der Waals surface area (Å²) < 4.78 is 18.9. The highest BCUT2D eigenvalue weighted by molar-refractivity contribution is 5.87. The number of halogens is 1. The van der Waals surface area contributed by atoms with Crippen molar-refractivity contribution in [2.45, 2.75) is 40.3 Å². The third-order valence-electron chi connectivity index (χ3n) is 4.47. The number of amides is 2. The maximum absolute atomic E-state index is 13.2. The minimum Gasteiger partial charge on any atom is -0.484 e. The first-order valence-corrected chi connectivity index (χ1v) is 9.77. The van der Waals surface area contributed by atoms with Gasteiger partial charge in [-0.25, -0.2) is 4.39 Å². The van der Waals surface area contributed by atoms with Gasteiger partial charge >= 0.3 is 0 Å². The molecule has 0 unspecified atom stereocenters. The molecule has 29 heavy (non-hydrogen) atoms. The molecule has 0 heterocycles. The van der Waals surface area contributed by atoms with Crippen LogP contribution in [0.15, 0.2) is 48.5 Å².